The molecule has 0 saturated carbocycles. The zero-order valence-electron chi connectivity index (χ0n) is 10.6. The monoisotopic (exact) mass is 269 g/mol. The van der Waals surface area contributed by atoms with Crippen LogP contribution < -0.4 is 5.32 Å². The Morgan fingerprint density at radius 1 is 1.50 bits per heavy atom. The summed E-state index contributed by atoms with van der Waals surface area (Å²) in [5, 5.41) is 14.0. The van der Waals surface area contributed by atoms with Crippen molar-refractivity contribution in [2.45, 2.75) is 25.0 Å². The SMILES string of the molecule is CNC(CN1CCCC1)C(O)c1ccnc(Cl)c1. The Kier molecular flexibility index (Phi) is 4.95. The van der Waals surface area contributed by atoms with E-state index >= 15 is 0 Å². The van der Waals surface area contributed by atoms with Gasteiger partial charge >= 0.3 is 0 Å². The van der Waals surface area contributed by atoms with Gasteiger partial charge in [0.25, 0.3) is 0 Å². The zero-order valence-corrected chi connectivity index (χ0v) is 11.4. The maximum absolute atomic E-state index is 10.4. The van der Waals surface area contributed by atoms with E-state index in [1.54, 1.807) is 12.3 Å². The number of aromatic nitrogens is 1. The van der Waals surface area contributed by atoms with Gasteiger partial charge in [0.2, 0.25) is 0 Å². The lowest BCUT2D eigenvalue weighted by atomic mass is 10.0. The van der Waals surface area contributed by atoms with Crippen LogP contribution in [0.5, 0.6) is 0 Å². The standard InChI is InChI=1S/C13H20ClN3O/c1-15-11(9-17-6-2-3-7-17)13(18)10-4-5-16-12(14)8-10/h4-5,8,11,13,15,18H,2-3,6-7,9H2,1H3. The van der Waals surface area contributed by atoms with Gasteiger partial charge in [-0.2, -0.15) is 0 Å². The number of hydrogen-bond acceptors (Lipinski definition) is 4. The number of halogens is 1. The van der Waals surface area contributed by atoms with Crippen LogP contribution in [0.2, 0.25) is 5.15 Å². The van der Waals surface area contributed by atoms with Crippen molar-refractivity contribution in [1.29, 1.82) is 0 Å². The fourth-order valence-corrected chi connectivity index (χ4v) is 2.61. The van der Waals surface area contributed by atoms with E-state index in [0.717, 1.165) is 25.2 Å². The molecule has 0 radical (unpaired) electrons. The fourth-order valence-electron chi connectivity index (χ4n) is 2.43. The molecule has 4 nitrogen and oxygen atoms in total. The molecule has 2 N–H and O–H groups in total. The highest BCUT2D eigenvalue weighted by molar-refractivity contribution is 6.29. The zero-order chi connectivity index (χ0) is 13.0. The molecule has 18 heavy (non-hydrogen) atoms. The Hall–Kier alpha value is -0.680. The van der Waals surface area contributed by atoms with Gasteiger partial charge in [0.1, 0.15) is 5.15 Å². The van der Waals surface area contributed by atoms with Crippen LogP contribution in [-0.2, 0) is 0 Å². The van der Waals surface area contributed by atoms with Crippen molar-refractivity contribution >= 4 is 11.6 Å². The number of nitrogens with zero attached hydrogens (tertiary/aromatic N) is 2. The van der Waals surface area contributed by atoms with Gasteiger partial charge in [0.15, 0.2) is 0 Å². The summed E-state index contributed by atoms with van der Waals surface area (Å²) >= 11 is 5.85. The van der Waals surface area contributed by atoms with Gasteiger partial charge in [-0.3, -0.25) is 0 Å². The summed E-state index contributed by atoms with van der Waals surface area (Å²) in [6.07, 6.45) is 3.58. The van der Waals surface area contributed by atoms with E-state index in [2.05, 4.69) is 15.2 Å². The molecule has 0 spiro atoms. The molecule has 2 atom stereocenters. The Morgan fingerprint density at radius 3 is 2.83 bits per heavy atom. The molecule has 0 bridgehead atoms. The summed E-state index contributed by atoms with van der Waals surface area (Å²) in [4.78, 5) is 6.32. The Balaban J connectivity index is 2.02. The molecular weight excluding hydrogens is 250 g/mol. The predicted molar refractivity (Wildman–Crippen MR) is 72.7 cm³/mol. The highest BCUT2D eigenvalue weighted by Gasteiger charge is 2.23. The first kappa shape index (κ1) is 13.7. The number of hydrogen-bond donors (Lipinski definition) is 2. The van der Waals surface area contributed by atoms with E-state index in [9.17, 15) is 5.11 Å². The quantitative estimate of drug-likeness (QED) is 0.795. The minimum atomic E-state index is -0.559. The highest BCUT2D eigenvalue weighted by Crippen LogP contribution is 2.20. The van der Waals surface area contributed by atoms with E-state index < -0.39 is 6.10 Å². The van der Waals surface area contributed by atoms with Crippen molar-refractivity contribution in [3.63, 3.8) is 0 Å². The normalized spacial score (nSPS) is 19.9. The lowest BCUT2D eigenvalue weighted by molar-refractivity contribution is 0.110. The van der Waals surface area contributed by atoms with E-state index in [1.807, 2.05) is 13.1 Å². The minimum Gasteiger partial charge on any atom is -0.387 e. The maximum Gasteiger partial charge on any atom is 0.129 e. The fraction of sp³-hybridized carbons (Fsp3) is 0.615. The topological polar surface area (TPSA) is 48.4 Å². The first-order valence-corrected chi connectivity index (χ1v) is 6.77. The van der Waals surface area contributed by atoms with E-state index in [-0.39, 0.29) is 6.04 Å². The lowest BCUT2D eigenvalue weighted by Gasteiger charge is -2.27. The van der Waals surface area contributed by atoms with Crippen LogP contribution in [0.25, 0.3) is 0 Å². The minimum absolute atomic E-state index is 0.0153. The molecule has 1 aliphatic heterocycles. The third kappa shape index (κ3) is 3.42. The van der Waals surface area contributed by atoms with Crippen molar-refractivity contribution in [3.05, 3.63) is 29.0 Å². The first-order chi connectivity index (χ1) is 8.70. The van der Waals surface area contributed by atoms with Crippen molar-refractivity contribution in [3.8, 4) is 0 Å². The summed E-state index contributed by atoms with van der Waals surface area (Å²) in [6.45, 7) is 3.11. The van der Waals surface area contributed by atoms with Gasteiger partial charge in [-0.1, -0.05) is 11.6 Å². The molecule has 1 aromatic rings. The maximum atomic E-state index is 10.4. The Labute approximate surface area is 113 Å². The van der Waals surface area contributed by atoms with Crippen molar-refractivity contribution in [1.82, 2.24) is 15.2 Å². The molecule has 5 heteroatoms. The second kappa shape index (κ2) is 6.48. The molecule has 1 aliphatic rings. The number of pyridine rings is 1. The molecule has 1 saturated heterocycles. The van der Waals surface area contributed by atoms with Crippen molar-refractivity contribution < 1.29 is 5.11 Å². The van der Waals surface area contributed by atoms with Crippen LogP contribution in [0.1, 0.15) is 24.5 Å². The number of likely N-dealkylation sites (tertiary alicyclic amines) is 1. The number of aliphatic hydroxyl groups is 1. The summed E-state index contributed by atoms with van der Waals surface area (Å²) < 4.78 is 0. The van der Waals surface area contributed by atoms with Crippen LogP contribution in [0, 0.1) is 0 Å². The molecule has 0 aromatic carbocycles. The smallest absolute Gasteiger partial charge is 0.129 e. The van der Waals surface area contributed by atoms with Crippen molar-refractivity contribution in [2.75, 3.05) is 26.7 Å². The third-order valence-corrected chi connectivity index (χ3v) is 3.70. The first-order valence-electron chi connectivity index (χ1n) is 6.40. The molecule has 2 unspecified atom stereocenters. The van der Waals surface area contributed by atoms with Gasteiger partial charge in [-0.15, -0.1) is 0 Å². The third-order valence-electron chi connectivity index (χ3n) is 3.50. The van der Waals surface area contributed by atoms with E-state index in [4.69, 9.17) is 11.6 Å². The Morgan fingerprint density at radius 2 is 2.22 bits per heavy atom. The number of nitrogens with one attached hydrogen (secondary N) is 1. The lowest BCUT2D eigenvalue weighted by Crippen LogP contribution is -2.42. The van der Waals surface area contributed by atoms with Crippen LogP contribution >= 0.6 is 11.6 Å². The van der Waals surface area contributed by atoms with Gasteiger partial charge in [0, 0.05) is 18.8 Å². The molecule has 0 aliphatic carbocycles. The average Bonchev–Trinajstić information content (AvgIpc) is 2.88. The summed E-state index contributed by atoms with van der Waals surface area (Å²) in [7, 11) is 1.88. The number of rotatable bonds is 5. The molecule has 1 fully saturated rings. The van der Waals surface area contributed by atoms with Crippen LogP contribution in [0.4, 0.5) is 0 Å². The van der Waals surface area contributed by atoms with Gasteiger partial charge in [-0.25, -0.2) is 4.98 Å². The molecule has 0 amide bonds. The van der Waals surface area contributed by atoms with E-state index in [0.29, 0.717) is 5.15 Å². The predicted octanol–water partition coefficient (Wildman–Crippen LogP) is 1.45. The van der Waals surface area contributed by atoms with Crippen molar-refractivity contribution in [2.24, 2.45) is 0 Å². The van der Waals surface area contributed by atoms with Crippen LogP contribution in [-0.4, -0.2) is 47.7 Å². The number of likely N-dealkylation sites (N-methyl/N-ethyl adjacent to an activating group) is 1. The summed E-state index contributed by atoms with van der Waals surface area (Å²) in [5.74, 6) is 0. The van der Waals surface area contributed by atoms with Gasteiger partial charge in [0.05, 0.1) is 6.10 Å². The highest BCUT2D eigenvalue weighted by atomic mass is 35.5. The van der Waals surface area contributed by atoms with Gasteiger partial charge in [-0.05, 0) is 50.7 Å². The molecule has 100 valence electrons. The molecule has 1 aromatic heterocycles. The second-order valence-corrected chi connectivity index (χ2v) is 5.15. The number of aliphatic hydroxyl groups excluding tert-OH is 1. The van der Waals surface area contributed by atoms with E-state index in [1.165, 1.54) is 12.8 Å². The average molecular weight is 270 g/mol. The second-order valence-electron chi connectivity index (χ2n) is 4.76. The molecule has 2 rings (SSSR count). The van der Waals surface area contributed by atoms with Gasteiger partial charge < -0.3 is 15.3 Å². The van der Waals surface area contributed by atoms with Crippen LogP contribution in [0.15, 0.2) is 18.3 Å². The molecule has 2 heterocycles. The summed E-state index contributed by atoms with van der Waals surface area (Å²) in [6, 6.07) is 3.55. The largest absolute Gasteiger partial charge is 0.387 e. The van der Waals surface area contributed by atoms with Crippen LogP contribution in [0.3, 0.4) is 0 Å². The molecular formula is C13H20ClN3O. The Bertz CT molecular complexity index is 382. The summed E-state index contributed by atoms with van der Waals surface area (Å²) in [5.41, 5.74) is 0.813.